The molecule has 0 aromatic heterocycles. The van der Waals surface area contributed by atoms with E-state index in [1.54, 1.807) is 5.01 Å². The minimum absolute atomic E-state index is 0.0907. The van der Waals surface area contributed by atoms with E-state index in [-0.39, 0.29) is 41.8 Å². The molecular weight excluding hydrogens is 466 g/mol. The van der Waals surface area contributed by atoms with Crippen LogP contribution in [-0.4, -0.2) is 57.6 Å². The maximum Gasteiger partial charge on any atom is 0.337 e. The van der Waals surface area contributed by atoms with Crippen LogP contribution in [0.5, 0.6) is 0 Å². The first-order chi connectivity index (χ1) is 17.0. The highest BCUT2D eigenvalue weighted by Crippen LogP contribution is 2.40. The van der Waals surface area contributed by atoms with Crippen LogP contribution in [0.2, 0.25) is 5.02 Å². The molecule has 4 fully saturated rings. The van der Waals surface area contributed by atoms with Crippen LogP contribution >= 0.6 is 11.6 Å². The van der Waals surface area contributed by atoms with Gasteiger partial charge < -0.3 is 10.2 Å². The van der Waals surface area contributed by atoms with Crippen molar-refractivity contribution in [2.24, 2.45) is 11.8 Å². The van der Waals surface area contributed by atoms with Crippen molar-refractivity contribution in [2.45, 2.75) is 89.6 Å². The maximum atomic E-state index is 13.6. The summed E-state index contributed by atoms with van der Waals surface area (Å²) in [7, 11) is 0. The Morgan fingerprint density at radius 1 is 1.09 bits per heavy atom. The maximum absolute atomic E-state index is 13.6. The fourth-order valence-corrected chi connectivity index (χ4v) is 6.41. The number of halogens is 1. The minimum Gasteiger partial charge on any atom is -0.353 e. The summed E-state index contributed by atoms with van der Waals surface area (Å²) in [6.07, 6.45) is 7.84. The summed E-state index contributed by atoms with van der Waals surface area (Å²) in [6.45, 7) is 3.00. The SMILES string of the molecule is CCCN1C(=O)C2CCC(C(=O)NC3CCCCC3)CC2N2C(=O)N(Cc3ccc(Cl)cc3)NC12. The van der Waals surface area contributed by atoms with Gasteiger partial charge in [0.1, 0.15) is 0 Å². The highest BCUT2D eigenvalue weighted by atomic mass is 35.5. The Labute approximate surface area is 212 Å². The van der Waals surface area contributed by atoms with E-state index in [1.807, 2.05) is 41.0 Å². The number of carbonyl (C=O) groups excluding carboxylic acids is 3. The van der Waals surface area contributed by atoms with Crippen LogP contribution in [0, 0.1) is 11.8 Å². The zero-order valence-electron chi connectivity index (χ0n) is 20.4. The van der Waals surface area contributed by atoms with Gasteiger partial charge in [0.05, 0.1) is 12.5 Å². The Kier molecular flexibility index (Phi) is 7.21. The number of nitrogens with zero attached hydrogens (tertiary/aromatic N) is 3. The zero-order valence-corrected chi connectivity index (χ0v) is 21.2. The number of hydrazine groups is 1. The molecule has 2 saturated heterocycles. The molecule has 2 saturated carbocycles. The number of carbonyl (C=O) groups is 3. The molecule has 0 spiro atoms. The fourth-order valence-electron chi connectivity index (χ4n) is 6.28. The molecule has 9 heteroatoms. The molecule has 4 atom stereocenters. The summed E-state index contributed by atoms with van der Waals surface area (Å²) in [6, 6.07) is 7.28. The Morgan fingerprint density at radius 3 is 2.54 bits per heavy atom. The predicted octanol–water partition coefficient (Wildman–Crippen LogP) is 3.85. The number of rotatable bonds is 6. The first-order valence-corrected chi connectivity index (χ1v) is 13.6. The van der Waals surface area contributed by atoms with Gasteiger partial charge in [0, 0.05) is 29.6 Å². The first-order valence-electron chi connectivity index (χ1n) is 13.2. The molecule has 2 heterocycles. The third-order valence-corrected chi connectivity index (χ3v) is 8.35. The van der Waals surface area contributed by atoms with Crippen LogP contribution in [0.15, 0.2) is 24.3 Å². The third-order valence-electron chi connectivity index (χ3n) is 8.10. The molecule has 1 aromatic rings. The second-order valence-electron chi connectivity index (χ2n) is 10.5. The quantitative estimate of drug-likeness (QED) is 0.620. The largest absolute Gasteiger partial charge is 0.353 e. The van der Waals surface area contributed by atoms with Crippen molar-refractivity contribution in [1.82, 2.24) is 25.6 Å². The third kappa shape index (κ3) is 4.87. The molecular formula is C26H36ClN5O3. The van der Waals surface area contributed by atoms with E-state index in [0.29, 0.717) is 37.4 Å². The van der Waals surface area contributed by atoms with Gasteiger partial charge in [-0.3, -0.25) is 19.5 Å². The number of amides is 4. The summed E-state index contributed by atoms with van der Waals surface area (Å²) >= 11 is 6.02. The van der Waals surface area contributed by atoms with Gasteiger partial charge in [0.15, 0.2) is 6.29 Å². The van der Waals surface area contributed by atoms with Gasteiger partial charge in [-0.15, -0.1) is 0 Å². The minimum atomic E-state index is -0.511. The number of hydrogen-bond donors (Lipinski definition) is 2. The van der Waals surface area contributed by atoms with E-state index in [4.69, 9.17) is 11.6 Å². The molecule has 1 aromatic carbocycles. The molecule has 0 bridgehead atoms. The number of fused-ring (bicyclic) bond motifs is 3. The van der Waals surface area contributed by atoms with Gasteiger partial charge >= 0.3 is 6.03 Å². The summed E-state index contributed by atoms with van der Waals surface area (Å²) < 4.78 is 0. The topological polar surface area (TPSA) is 85.0 Å². The summed E-state index contributed by atoms with van der Waals surface area (Å²) in [5.41, 5.74) is 4.25. The van der Waals surface area contributed by atoms with Gasteiger partial charge in [-0.2, -0.15) is 5.43 Å². The van der Waals surface area contributed by atoms with E-state index >= 15 is 0 Å². The van der Waals surface area contributed by atoms with Crippen molar-refractivity contribution in [3.8, 4) is 0 Å². The van der Waals surface area contributed by atoms with Crippen LogP contribution in [0.1, 0.15) is 70.3 Å². The van der Waals surface area contributed by atoms with Crippen LogP contribution < -0.4 is 10.7 Å². The Balaban J connectivity index is 1.34. The highest BCUT2D eigenvalue weighted by molar-refractivity contribution is 6.30. The van der Waals surface area contributed by atoms with E-state index < -0.39 is 6.29 Å². The molecule has 35 heavy (non-hydrogen) atoms. The lowest BCUT2D eigenvalue weighted by Gasteiger charge is -2.49. The molecule has 4 aliphatic rings. The van der Waals surface area contributed by atoms with Crippen LogP contribution in [-0.2, 0) is 16.1 Å². The molecule has 5 rings (SSSR count). The Bertz CT molecular complexity index is 951. The molecule has 2 aliphatic carbocycles. The lowest BCUT2D eigenvalue weighted by molar-refractivity contribution is -0.158. The zero-order chi connectivity index (χ0) is 24.5. The second kappa shape index (κ2) is 10.3. The van der Waals surface area contributed by atoms with Crippen molar-refractivity contribution < 1.29 is 14.4 Å². The molecule has 4 unspecified atom stereocenters. The van der Waals surface area contributed by atoms with Gasteiger partial charge in [0.2, 0.25) is 11.8 Å². The van der Waals surface area contributed by atoms with Crippen molar-refractivity contribution in [2.75, 3.05) is 6.54 Å². The van der Waals surface area contributed by atoms with E-state index in [1.165, 1.54) is 19.3 Å². The summed E-state index contributed by atoms with van der Waals surface area (Å²) in [5, 5.41) is 5.51. The van der Waals surface area contributed by atoms with E-state index in [0.717, 1.165) is 24.8 Å². The van der Waals surface area contributed by atoms with Gasteiger partial charge in [0.25, 0.3) is 0 Å². The van der Waals surface area contributed by atoms with Gasteiger partial charge in [-0.25, -0.2) is 4.79 Å². The molecule has 2 N–H and O–H groups in total. The molecule has 190 valence electrons. The molecule has 8 nitrogen and oxygen atoms in total. The molecule has 4 amide bonds. The lowest BCUT2D eigenvalue weighted by atomic mass is 9.75. The summed E-state index contributed by atoms with van der Waals surface area (Å²) in [4.78, 5) is 43.9. The second-order valence-corrected chi connectivity index (χ2v) is 10.9. The number of benzene rings is 1. The van der Waals surface area contributed by atoms with Crippen molar-refractivity contribution in [1.29, 1.82) is 0 Å². The normalized spacial score (nSPS) is 29.3. The van der Waals surface area contributed by atoms with Crippen LogP contribution in [0.4, 0.5) is 4.79 Å². The smallest absolute Gasteiger partial charge is 0.337 e. The van der Waals surface area contributed by atoms with Crippen molar-refractivity contribution in [3.63, 3.8) is 0 Å². The van der Waals surface area contributed by atoms with Gasteiger partial charge in [-0.05, 0) is 56.2 Å². The number of hydrogen-bond acceptors (Lipinski definition) is 4. The fraction of sp³-hybridized carbons (Fsp3) is 0.654. The van der Waals surface area contributed by atoms with Crippen molar-refractivity contribution >= 4 is 29.4 Å². The number of urea groups is 1. The number of nitrogens with one attached hydrogen (secondary N) is 2. The lowest BCUT2D eigenvalue weighted by Crippen LogP contribution is -2.67. The average Bonchev–Trinajstić information content (AvgIpc) is 3.19. The van der Waals surface area contributed by atoms with E-state index in [2.05, 4.69) is 10.7 Å². The van der Waals surface area contributed by atoms with Crippen molar-refractivity contribution in [3.05, 3.63) is 34.9 Å². The first kappa shape index (κ1) is 24.4. The monoisotopic (exact) mass is 501 g/mol. The summed E-state index contributed by atoms with van der Waals surface area (Å²) in [5.74, 6) is -0.230. The predicted molar refractivity (Wildman–Crippen MR) is 133 cm³/mol. The van der Waals surface area contributed by atoms with Gasteiger partial charge in [-0.1, -0.05) is 49.9 Å². The highest BCUT2D eigenvalue weighted by Gasteiger charge is 2.55. The molecule has 2 aliphatic heterocycles. The Morgan fingerprint density at radius 2 is 1.83 bits per heavy atom. The van der Waals surface area contributed by atoms with Crippen LogP contribution in [0.25, 0.3) is 0 Å². The average molecular weight is 502 g/mol. The Hall–Kier alpha value is -2.32. The van der Waals surface area contributed by atoms with E-state index in [9.17, 15) is 14.4 Å². The molecule has 0 radical (unpaired) electrons. The van der Waals surface area contributed by atoms with Crippen LogP contribution in [0.3, 0.4) is 0 Å². The standard InChI is InChI=1S/C26H36ClN5O3/c1-2-14-30-24(34)21-13-10-18(23(33)28-20-6-4-3-5-7-20)15-22(21)32-25(30)29-31(26(32)35)16-17-8-11-19(27)12-9-17/h8-9,11-12,18,20-22,25,29H,2-7,10,13-16H2,1H3,(H,28,33).